The van der Waals surface area contributed by atoms with Crippen LogP contribution in [0.5, 0.6) is 0 Å². The first-order valence-corrected chi connectivity index (χ1v) is 7.30. The third-order valence-electron chi connectivity index (χ3n) is 3.21. The molecule has 122 valence electrons. The summed E-state index contributed by atoms with van der Waals surface area (Å²) in [5, 5.41) is 7.45. The topological polar surface area (TPSA) is 103 Å². The molecule has 1 heterocycles. The molecule has 8 heteroatoms. The molecule has 0 atom stereocenters. The molecule has 0 unspecified atom stereocenters. The molecule has 0 fully saturated rings. The molecule has 0 radical (unpaired) electrons. The number of nitrogens with two attached hydrogens (primary N) is 1. The van der Waals surface area contributed by atoms with Crippen LogP contribution in [0.1, 0.15) is 24.3 Å². The number of aromatic nitrogens is 3. The van der Waals surface area contributed by atoms with Gasteiger partial charge in [-0.1, -0.05) is 23.4 Å². The standard InChI is InChI=1S/C15H19N5O3/c1-3-19(11-8-6-5-7-9-11)12(21)10-20-14(16)13(17-18-20)15(22)23-4-2/h5-9H,3-4,10,16H2,1-2H3. The lowest BCUT2D eigenvalue weighted by Crippen LogP contribution is -2.34. The van der Waals surface area contributed by atoms with Crippen LogP contribution in [0.25, 0.3) is 0 Å². The Labute approximate surface area is 133 Å². The Hall–Kier alpha value is -2.90. The van der Waals surface area contributed by atoms with Gasteiger partial charge in [-0.25, -0.2) is 9.48 Å². The number of carbonyl (C=O) groups is 2. The average molecular weight is 317 g/mol. The Morgan fingerprint density at radius 3 is 2.57 bits per heavy atom. The fourth-order valence-electron chi connectivity index (χ4n) is 2.11. The van der Waals surface area contributed by atoms with Crippen molar-refractivity contribution in [2.45, 2.75) is 20.4 Å². The summed E-state index contributed by atoms with van der Waals surface area (Å²) in [6.07, 6.45) is 0. The molecule has 8 nitrogen and oxygen atoms in total. The Bertz CT molecular complexity index is 684. The summed E-state index contributed by atoms with van der Waals surface area (Å²) < 4.78 is 6.03. The first-order chi connectivity index (χ1) is 11.1. The number of rotatable bonds is 6. The molecule has 0 aliphatic carbocycles. The van der Waals surface area contributed by atoms with Gasteiger partial charge in [0, 0.05) is 12.2 Å². The molecule has 0 saturated heterocycles. The number of hydrogen-bond acceptors (Lipinski definition) is 6. The number of likely N-dealkylation sites (N-methyl/N-ethyl adjacent to an activating group) is 1. The Morgan fingerprint density at radius 1 is 1.26 bits per heavy atom. The number of para-hydroxylation sites is 1. The van der Waals surface area contributed by atoms with E-state index in [9.17, 15) is 9.59 Å². The molecule has 0 saturated carbocycles. The highest BCUT2D eigenvalue weighted by atomic mass is 16.5. The van der Waals surface area contributed by atoms with Crippen LogP contribution in [-0.4, -0.2) is 40.0 Å². The molecule has 0 bridgehead atoms. The van der Waals surface area contributed by atoms with Crippen LogP contribution in [0.15, 0.2) is 30.3 Å². The van der Waals surface area contributed by atoms with E-state index < -0.39 is 5.97 Å². The van der Waals surface area contributed by atoms with Crippen LogP contribution < -0.4 is 10.6 Å². The van der Waals surface area contributed by atoms with Crippen molar-refractivity contribution in [1.82, 2.24) is 15.0 Å². The van der Waals surface area contributed by atoms with Crippen molar-refractivity contribution in [3.63, 3.8) is 0 Å². The van der Waals surface area contributed by atoms with E-state index in [1.165, 1.54) is 4.68 Å². The number of benzene rings is 1. The number of carbonyl (C=O) groups excluding carboxylic acids is 2. The summed E-state index contributed by atoms with van der Waals surface area (Å²) in [6.45, 7) is 4.16. The number of hydrogen-bond donors (Lipinski definition) is 1. The maximum absolute atomic E-state index is 12.5. The summed E-state index contributed by atoms with van der Waals surface area (Å²) in [7, 11) is 0. The van der Waals surface area contributed by atoms with Crippen molar-refractivity contribution in [3.8, 4) is 0 Å². The SMILES string of the molecule is CCOC(=O)c1nnn(CC(=O)N(CC)c2ccccc2)c1N. The van der Waals surface area contributed by atoms with Crippen molar-refractivity contribution < 1.29 is 14.3 Å². The summed E-state index contributed by atoms with van der Waals surface area (Å²) in [4.78, 5) is 25.7. The third kappa shape index (κ3) is 3.65. The minimum atomic E-state index is -0.654. The lowest BCUT2D eigenvalue weighted by molar-refractivity contribution is -0.119. The van der Waals surface area contributed by atoms with Crippen LogP contribution >= 0.6 is 0 Å². The van der Waals surface area contributed by atoms with Crippen molar-refractivity contribution in [2.75, 3.05) is 23.8 Å². The summed E-state index contributed by atoms with van der Waals surface area (Å²) in [6, 6.07) is 9.27. The predicted octanol–water partition coefficient (Wildman–Crippen LogP) is 1.09. The maximum atomic E-state index is 12.5. The predicted molar refractivity (Wildman–Crippen MR) is 84.9 cm³/mol. The smallest absolute Gasteiger partial charge is 0.362 e. The molecular formula is C15H19N5O3. The van der Waals surface area contributed by atoms with Gasteiger partial charge in [-0.15, -0.1) is 5.10 Å². The highest BCUT2D eigenvalue weighted by Crippen LogP contribution is 2.15. The minimum Gasteiger partial charge on any atom is -0.461 e. The Morgan fingerprint density at radius 2 is 1.96 bits per heavy atom. The molecule has 0 spiro atoms. The van der Waals surface area contributed by atoms with Gasteiger partial charge in [0.15, 0.2) is 5.82 Å². The zero-order valence-electron chi connectivity index (χ0n) is 13.1. The summed E-state index contributed by atoms with van der Waals surface area (Å²) >= 11 is 0. The molecular weight excluding hydrogens is 298 g/mol. The number of ether oxygens (including phenoxy) is 1. The molecule has 1 aromatic heterocycles. The molecule has 23 heavy (non-hydrogen) atoms. The van der Waals surface area contributed by atoms with E-state index in [1.807, 2.05) is 37.3 Å². The second kappa shape index (κ2) is 7.39. The molecule has 2 aromatic rings. The molecule has 1 aromatic carbocycles. The quantitative estimate of drug-likeness (QED) is 0.800. The number of amides is 1. The monoisotopic (exact) mass is 317 g/mol. The van der Waals surface area contributed by atoms with Crippen molar-refractivity contribution >= 4 is 23.4 Å². The van der Waals surface area contributed by atoms with Crippen molar-refractivity contribution in [1.29, 1.82) is 0 Å². The second-order valence-electron chi connectivity index (χ2n) is 4.67. The van der Waals surface area contributed by atoms with Gasteiger partial charge >= 0.3 is 5.97 Å². The number of nitrogen functional groups attached to an aromatic ring is 1. The van der Waals surface area contributed by atoms with E-state index >= 15 is 0 Å². The highest BCUT2D eigenvalue weighted by molar-refractivity contribution is 5.94. The average Bonchev–Trinajstić information content (AvgIpc) is 2.90. The molecule has 2 rings (SSSR count). The zero-order valence-corrected chi connectivity index (χ0v) is 13.1. The molecule has 2 N–H and O–H groups in total. The van der Waals surface area contributed by atoms with Gasteiger partial charge in [-0.2, -0.15) is 0 Å². The van der Waals surface area contributed by atoms with E-state index in [0.717, 1.165) is 5.69 Å². The number of esters is 1. The zero-order chi connectivity index (χ0) is 16.8. The van der Waals surface area contributed by atoms with Crippen LogP contribution in [0.2, 0.25) is 0 Å². The van der Waals surface area contributed by atoms with Gasteiger partial charge < -0.3 is 15.4 Å². The van der Waals surface area contributed by atoms with Crippen LogP contribution in [0.4, 0.5) is 11.5 Å². The van der Waals surface area contributed by atoms with E-state index in [4.69, 9.17) is 10.5 Å². The Kier molecular flexibility index (Phi) is 5.29. The normalized spacial score (nSPS) is 10.3. The van der Waals surface area contributed by atoms with Crippen molar-refractivity contribution in [3.05, 3.63) is 36.0 Å². The maximum Gasteiger partial charge on any atom is 0.362 e. The first kappa shape index (κ1) is 16.5. The second-order valence-corrected chi connectivity index (χ2v) is 4.67. The van der Waals surface area contributed by atoms with Gasteiger partial charge in [0.25, 0.3) is 0 Å². The Balaban J connectivity index is 2.15. The van der Waals surface area contributed by atoms with Gasteiger partial charge in [0.2, 0.25) is 11.6 Å². The van der Waals surface area contributed by atoms with Crippen LogP contribution in [0.3, 0.4) is 0 Å². The highest BCUT2D eigenvalue weighted by Gasteiger charge is 2.21. The third-order valence-corrected chi connectivity index (χ3v) is 3.21. The fourth-order valence-corrected chi connectivity index (χ4v) is 2.11. The minimum absolute atomic E-state index is 0.0147. The van der Waals surface area contributed by atoms with Gasteiger partial charge in [-0.05, 0) is 26.0 Å². The fraction of sp³-hybridized carbons (Fsp3) is 0.333. The van der Waals surface area contributed by atoms with Gasteiger partial charge in [0.05, 0.1) is 6.61 Å². The molecule has 0 aliphatic heterocycles. The van der Waals surface area contributed by atoms with Crippen molar-refractivity contribution in [2.24, 2.45) is 0 Å². The largest absolute Gasteiger partial charge is 0.461 e. The van der Waals surface area contributed by atoms with Gasteiger partial charge in [0.1, 0.15) is 6.54 Å². The number of nitrogens with zero attached hydrogens (tertiary/aromatic N) is 4. The van der Waals surface area contributed by atoms with E-state index in [1.54, 1.807) is 11.8 Å². The van der Waals surface area contributed by atoms with E-state index in [-0.39, 0.29) is 30.6 Å². The van der Waals surface area contributed by atoms with Crippen LogP contribution in [-0.2, 0) is 16.1 Å². The van der Waals surface area contributed by atoms with E-state index in [0.29, 0.717) is 6.54 Å². The van der Waals surface area contributed by atoms with E-state index in [2.05, 4.69) is 10.3 Å². The summed E-state index contributed by atoms with van der Waals surface area (Å²) in [5.41, 5.74) is 6.53. The lowest BCUT2D eigenvalue weighted by Gasteiger charge is -2.21. The lowest BCUT2D eigenvalue weighted by atomic mass is 10.3. The van der Waals surface area contributed by atoms with Gasteiger partial charge in [-0.3, -0.25) is 4.79 Å². The first-order valence-electron chi connectivity index (χ1n) is 7.30. The van der Waals surface area contributed by atoms with Crippen LogP contribution in [0, 0.1) is 0 Å². The number of anilines is 2. The molecule has 0 aliphatic rings. The summed E-state index contributed by atoms with van der Waals surface area (Å²) in [5.74, 6) is -0.842. The molecule has 1 amide bonds.